The Morgan fingerprint density at radius 1 is 1.30 bits per heavy atom. The van der Waals surface area contributed by atoms with E-state index in [9.17, 15) is 0 Å². The molecule has 3 nitrogen and oxygen atoms in total. The van der Waals surface area contributed by atoms with Gasteiger partial charge in [0.15, 0.2) is 0 Å². The van der Waals surface area contributed by atoms with Gasteiger partial charge >= 0.3 is 0 Å². The number of benzene rings is 1. The molecule has 3 heteroatoms. The number of para-hydroxylation sites is 1. The summed E-state index contributed by atoms with van der Waals surface area (Å²) >= 11 is 0. The molecule has 3 unspecified atom stereocenters. The highest BCUT2D eigenvalue weighted by Crippen LogP contribution is 2.28. The third kappa shape index (κ3) is 3.33. The maximum atomic E-state index is 5.47. The first kappa shape index (κ1) is 15.3. The Morgan fingerprint density at radius 3 is 2.70 bits per heavy atom. The van der Waals surface area contributed by atoms with Crippen LogP contribution >= 0.6 is 0 Å². The highest BCUT2D eigenvalue weighted by molar-refractivity contribution is 5.35. The lowest BCUT2D eigenvalue weighted by atomic mass is 9.89. The van der Waals surface area contributed by atoms with Crippen LogP contribution in [-0.2, 0) is 0 Å². The van der Waals surface area contributed by atoms with Gasteiger partial charge < -0.3 is 15.0 Å². The molecule has 112 valence electrons. The van der Waals surface area contributed by atoms with Crippen molar-refractivity contribution in [3.63, 3.8) is 0 Å². The summed E-state index contributed by atoms with van der Waals surface area (Å²) in [5, 5.41) is 3.80. The second-order valence-electron chi connectivity index (χ2n) is 6.24. The van der Waals surface area contributed by atoms with Crippen LogP contribution in [0.15, 0.2) is 24.3 Å². The number of nitrogens with one attached hydrogen (secondary N) is 1. The summed E-state index contributed by atoms with van der Waals surface area (Å²) < 4.78 is 5.47. The average molecular weight is 276 g/mol. The molecular weight excluding hydrogens is 248 g/mol. The van der Waals surface area contributed by atoms with Gasteiger partial charge in [0.1, 0.15) is 5.75 Å². The zero-order valence-electron chi connectivity index (χ0n) is 13.4. The van der Waals surface area contributed by atoms with Crippen molar-refractivity contribution in [3.8, 4) is 5.75 Å². The standard InChI is InChI=1S/C17H28N2O/c1-12-11-19(4)13(2)10-16(12)18-14(3)15-8-6-7-9-17(15)20-5/h6-9,12-14,16,18H,10-11H2,1-5H3/t12?,13?,14-,16?/m0/s1. The first-order valence-electron chi connectivity index (χ1n) is 7.62. The Morgan fingerprint density at radius 2 is 2.00 bits per heavy atom. The molecule has 0 saturated carbocycles. The molecule has 1 aliphatic heterocycles. The topological polar surface area (TPSA) is 24.5 Å². The second kappa shape index (κ2) is 6.59. The molecule has 1 heterocycles. The maximum absolute atomic E-state index is 5.47. The van der Waals surface area contributed by atoms with Gasteiger partial charge in [0.25, 0.3) is 0 Å². The summed E-state index contributed by atoms with van der Waals surface area (Å²) in [5.74, 6) is 1.65. The summed E-state index contributed by atoms with van der Waals surface area (Å²) in [7, 11) is 3.97. The molecule has 1 saturated heterocycles. The molecule has 0 aliphatic carbocycles. The second-order valence-corrected chi connectivity index (χ2v) is 6.24. The van der Waals surface area contributed by atoms with E-state index in [-0.39, 0.29) is 0 Å². The quantitative estimate of drug-likeness (QED) is 0.914. The number of likely N-dealkylation sites (tertiary alicyclic amines) is 1. The molecule has 1 N–H and O–H groups in total. The Labute approximate surface area is 123 Å². The fraction of sp³-hybridized carbons (Fsp3) is 0.647. The lowest BCUT2D eigenvalue weighted by Crippen LogP contribution is -2.51. The third-order valence-corrected chi connectivity index (χ3v) is 4.68. The minimum Gasteiger partial charge on any atom is -0.496 e. The van der Waals surface area contributed by atoms with Crippen molar-refractivity contribution in [3.05, 3.63) is 29.8 Å². The van der Waals surface area contributed by atoms with Crippen LogP contribution in [0.3, 0.4) is 0 Å². The molecule has 0 amide bonds. The van der Waals surface area contributed by atoms with Gasteiger partial charge in [0.05, 0.1) is 7.11 Å². The maximum Gasteiger partial charge on any atom is 0.123 e. The highest BCUT2D eigenvalue weighted by Gasteiger charge is 2.30. The van der Waals surface area contributed by atoms with Gasteiger partial charge in [0.2, 0.25) is 0 Å². The lowest BCUT2D eigenvalue weighted by molar-refractivity contribution is 0.116. The van der Waals surface area contributed by atoms with Crippen molar-refractivity contribution in [1.82, 2.24) is 10.2 Å². The van der Waals surface area contributed by atoms with E-state index in [2.05, 4.69) is 50.2 Å². The number of methoxy groups -OCH3 is 1. The zero-order chi connectivity index (χ0) is 14.7. The Bertz CT molecular complexity index is 435. The number of hydrogen-bond donors (Lipinski definition) is 1. The van der Waals surface area contributed by atoms with Gasteiger partial charge in [-0.15, -0.1) is 0 Å². The van der Waals surface area contributed by atoms with Gasteiger partial charge in [0, 0.05) is 30.2 Å². The number of ether oxygens (including phenoxy) is 1. The predicted molar refractivity (Wildman–Crippen MR) is 84.2 cm³/mol. The van der Waals surface area contributed by atoms with E-state index in [1.54, 1.807) is 7.11 Å². The number of piperidine rings is 1. The number of nitrogens with zero attached hydrogens (tertiary/aromatic N) is 1. The number of hydrogen-bond acceptors (Lipinski definition) is 3. The van der Waals surface area contributed by atoms with Crippen LogP contribution in [0, 0.1) is 5.92 Å². The minimum atomic E-state index is 0.314. The van der Waals surface area contributed by atoms with Crippen LogP contribution in [0.2, 0.25) is 0 Å². The van der Waals surface area contributed by atoms with Crippen LogP contribution in [0.1, 0.15) is 38.8 Å². The zero-order valence-corrected chi connectivity index (χ0v) is 13.4. The van der Waals surface area contributed by atoms with Crippen LogP contribution in [0.25, 0.3) is 0 Å². The molecule has 1 aliphatic rings. The summed E-state index contributed by atoms with van der Waals surface area (Å²) in [4.78, 5) is 2.45. The van der Waals surface area contributed by atoms with Crippen LogP contribution in [0.5, 0.6) is 5.75 Å². The molecule has 1 aromatic rings. The van der Waals surface area contributed by atoms with Crippen molar-refractivity contribution < 1.29 is 4.74 Å². The molecule has 0 aromatic heterocycles. The molecule has 2 rings (SSSR count). The summed E-state index contributed by atoms with van der Waals surface area (Å²) in [6.07, 6.45) is 1.21. The van der Waals surface area contributed by atoms with Gasteiger partial charge in [-0.2, -0.15) is 0 Å². The van der Waals surface area contributed by atoms with E-state index in [4.69, 9.17) is 4.74 Å². The summed E-state index contributed by atoms with van der Waals surface area (Å²) in [5.41, 5.74) is 1.24. The first-order chi connectivity index (χ1) is 9.52. The minimum absolute atomic E-state index is 0.314. The molecule has 1 aromatic carbocycles. The fourth-order valence-electron chi connectivity index (χ4n) is 3.21. The smallest absolute Gasteiger partial charge is 0.123 e. The van der Waals surface area contributed by atoms with Crippen molar-refractivity contribution in [2.75, 3.05) is 20.7 Å². The van der Waals surface area contributed by atoms with Crippen molar-refractivity contribution in [1.29, 1.82) is 0 Å². The SMILES string of the molecule is COc1ccccc1[C@H](C)NC1CC(C)N(C)CC1C. The monoisotopic (exact) mass is 276 g/mol. The molecular formula is C17H28N2O. The molecule has 0 bridgehead atoms. The normalized spacial score (nSPS) is 29.1. The van der Waals surface area contributed by atoms with Gasteiger partial charge in [-0.25, -0.2) is 0 Å². The molecule has 0 spiro atoms. The van der Waals surface area contributed by atoms with Gasteiger partial charge in [-0.05, 0) is 39.3 Å². The fourth-order valence-corrected chi connectivity index (χ4v) is 3.21. The van der Waals surface area contributed by atoms with Gasteiger partial charge in [-0.1, -0.05) is 25.1 Å². The number of rotatable bonds is 4. The van der Waals surface area contributed by atoms with E-state index in [0.29, 0.717) is 24.0 Å². The van der Waals surface area contributed by atoms with Crippen LogP contribution in [0.4, 0.5) is 0 Å². The molecule has 0 radical (unpaired) electrons. The van der Waals surface area contributed by atoms with E-state index in [1.807, 2.05) is 12.1 Å². The molecule has 1 fully saturated rings. The average Bonchev–Trinajstić information content (AvgIpc) is 2.44. The van der Waals surface area contributed by atoms with E-state index in [1.165, 1.54) is 12.0 Å². The van der Waals surface area contributed by atoms with Crippen LogP contribution in [-0.4, -0.2) is 37.7 Å². The Kier molecular flexibility index (Phi) is 5.06. The summed E-state index contributed by atoms with van der Waals surface area (Å²) in [6.45, 7) is 8.05. The van der Waals surface area contributed by atoms with Crippen LogP contribution < -0.4 is 10.1 Å². The summed E-state index contributed by atoms with van der Waals surface area (Å²) in [6, 6.07) is 9.82. The van der Waals surface area contributed by atoms with Crippen molar-refractivity contribution in [2.45, 2.75) is 45.3 Å². The molecule has 20 heavy (non-hydrogen) atoms. The third-order valence-electron chi connectivity index (χ3n) is 4.68. The van der Waals surface area contributed by atoms with E-state index < -0.39 is 0 Å². The highest BCUT2D eigenvalue weighted by atomic mass is 16.5. The van der Waals surface area contributed by atoms with E-state index >= 15 is 0 Å². The van der Waals surface area contributed by atoms with Crippen molar-refractivity contribution in [2.24, 2.45) is 5.92 Å². The van der Waals surface area contributed by atoms with Crippen molar-refractivity contribution >= 4 is 0 Å². The van der Waals surface area contributed by atoms with Gasteiger partial charge in [-0.3, -0.25) is 0 Å². The lowest BCUT2D eigenvalue weighted by Gasteiger charge is -2.41. The predicted octanol–water partition coefficient (Wildman–Crippen LogP) is 3.07. The first-order valence-corrected chi connectivity index (χ1v) is 7.62. The largest absolute Gasteiger partial charge is 0.496 e. The molecule has 4 atom stereocenters. The Hall–Kier alpha value is -1.06. The Balaban J connectivity index is 2.05. The van der Waals surface area contributed by atoms with E-state index in [0.717, 1.165) is 12.3 Å².